The number of rotatable bonds is 3. The van der Waals surface area contributed by atoms with Crippen LogP contribution >= 0.6 is 0 Å². The Bertz CT molecular complexity index is 1950. The molecule has 0 amide bonds. The van der Waals surface area contributed by atoms with Gasteiger partial charge in [-0.2, -0.15) is 0 Å². The first-order chi connectivity index (χ1) is 19.6. The van der Waals surface area contributed by atoms with Gasteiger partial charge in [0.05, 0.1) is 0 Å². The second kappa shape index (κ2) is 9.08. The minimum atomic E-state index is -0.124. The molecule has 0 atom stereocenters. The lowest BCUT2D eigenvalue weighted by atomic mass is 9.80. The quantitative estimate of drug-likeness (QED) is 0.219. The SMILES string of the molecule is CN(c1ccc(C(C)(C)C)cc1)c1ccc2c(c1)C(C)(C)c1cc(-c3cccc4ccccc34)c3ccccc3c1-2. The molecule has 0 aromatic heterocycles. The maximum atomic E-state index is 2.48. The van der Waals surface area contributed by atoms with Crippen molar-refractivity contribution >= 4 is 32.9 Å². The monoisotopic (exact) mass is 531 g/mol. The first kappa shape index (κ1) is 25.6. The van der Waals surface area contributed by atoms with Gasteiger partial charge >= 0.3 is 0 Å². The van der Waals surface area contributed by atoms with Gasteiger partial charge in [0.15, 0.2) is 0 Å². The normalized spacial score (nSPS) is 13.8. The number of fused-ring (bicyclic) bond motifs is 6. The van der Waals surface area contributed by atoms with Crippen molar-refractivity contribution in [3.05, 3.63) is 132 Å². The van der Waals surface area contributed by atoms with Crippen molar-refractivity contribution in [3.63, 3.8) is 0 Å². The summed E-state index contributed by atoms with van der Waals surface area (Å²) >= 11 is 0. The highest BCUT2D eigenvalue weighted by atomic mass is 15.1. The van der Waals surface area contributed by atoms with Crippen LogP contribution in [0.5, 0.6) is 0 Å². The standard InChI is InChI=1S/C40H37N/c1-39(2,3)27-18-20-28(21-19-27)41(6)29-22-23-34-36(24-29)40(4,5)37-25-35(32-15-9-10-16-33(32)38(34)37)31-17-11-13-26-12-7-8-14-30(26)31/h7-25H,1-6H3. The van der Waals surface area contributed by atoms with Crippen LogP contribution in [0.4, 0.5) is 11.4 Å². The van der Waals surface area contributed by atoms with Gasteiger partial charge < -0.3 is 4.90 Å². The van der Waals surface area contributed by atoms with E-state index in [0.717, 1.165) is 0 Å². The molecule has 7 rings (SSSR count). The number of nitrogens with zero attached hydrogens (tertiary/aromatic N) is 1. The van der Waals surface area contributed by atoms with E-state index in [1.165, 1.54) is 71.9 Å². The molecule has 6 aromatic rings. The molecule has 1 heteroatoms. The maximum Gasteiger partial charge on any atom is 0.0411 e. The lowest BCUT2D eigenvalue weighted by Gasteiger charge is -2.26. The van der Waals surface area contributed by atoms with E-state index in [1.54, 1.807) is 0 Å². The molecular formula is C40H37N. The summed E-state index contributed by atoms with van der Waals surface area (Å²) in [4.78, 5) is 2.31. The second-order valence-corrected chi connectivity index (χ2v) is 13.1. The van der Waals surface area contributed by atoms with Crippen molar-refractivity contribution in [2.24, 2.45) is 0 Å². The molecule has 0 heterocycles. The van der Waals surface area contributed by atoms with Gasteiger partial charge in [-0.25, -0.2) is 0 Å². The third kappa shape index (κ3) is 3.98. The van der Waals surface area contributed by atoms with Crippen LogP contribution in [0, 0.1) is 0 Å². The van der Waals surface area contributed by atoms with Gasteiger partial charge in [0.2, 0.25) is 0 Å². The van der Waals surface area contributed by atoms with Gasteiger partial charge in [0, 0.05) is 23.8 Å². The van der Waals surface area contributed by atoms with Crippen molar-refractivity contribution in [3.8, 4) is 22.3 Å². The molecule has 41 heavy (non-hydrogen) atoms. The zero-order valence-corrected chi connectivity index (χ0v) is 24.9. The van der Waals surface area contributed by atoms with E-state index in [2.05, 4.69) is 162 Å². The zero-order chi connectivity index (χ0) is 28.5. The summed E-state index contributed by atoms with van der Waals surface area (Å²) in [6.45, 7) is 11.6. The Kier molecular flexibility index (Phi) is 5.67. The minimum Gasteiger partial charge on any atom is -0.345 e. The van der Waals surface area contributed by atoms with Gasteiger partial charge in [0.25, 0.3) is 0 Å². The Balaban J connectivity index is 1.39. The lowest BCUT2D eigenvalue weighted by Crippen LogP contribution is -2.17. The van der Waals surface area contributed by atoms with Crippen LogP contribution in [0.15, 0.2) is 115 Å². The third-order valence-corrected chi connectivity index (χ3v) is 9.25. The highest BCUT2D eigenvalue weighted by Gasteiger charge is 2.37. The summed E-state index contributed by atoms with van der Waals surface area (Å²) in [7, 11) is 2.18. The van der Waals surface area contributed by atoms with E-state index in [-0.39, 0.29) is 10.8 Å². The number of hydrogen-bond donors (Lipinski definition) is 0. The van der Waals surface area contributed by atoms with Crippen LogP contribution in [-0.2, 0) is 10.8 Å². The fourth-order valence-electron chi connectivity index (χ4n) is 6.80. The van der Waals surface area contributed by atoms with Crippen LogP contribution in [-0.4, -0.2) is 7.05 Å². The second-order valence-electron chi connectivity index (χ2n) is 13.1. The van der Waals surface area contributed by atoms with Crippen molar-refractivity contribution in [2.45, 2.75) is 45.4 Å². The van der Waals surface area contributed by atoms with Crippen molar-refractivity contribution in [2.75, 3.05) is 11.9 Å². The minimum absolute atomic E-state index is 0.124. The Morgan fingerprint density at radius 3 is 1.90 bits per heavy atom. The molecule has 0 saturated heterocycles. The predicted molar refractivity (Wildman–Crippen MR) is 178 cm³/mol. The van der Waals surface area contributed by atoms with E-state index >= 15 is 0 Å². The molecule has 1 aliphatic rings. The Morgan fingerprint density at radius 2 is 1.17 bits per heavy atom. The Morgan fingerprint density at radius 1 is 0.537 bits per heavy atom. The molecule has 202 valence electrons. The van der Waals surface area contributed by atoms with Gasteiger partial charge in [-0.15, -0.1) is 0 Å². The van der Waals surface area contributed by atoms with Gasteiger partial charge in [-0.3, -0.25) is 0 Å². The van der Waals surface area contributed by atoms with Gasteiger partial charge in [0.1, 0.15) is 0 Å². The molecule has 0 unspecified atom stereocenters. The first-order valence-corrected chi connectivity index (χ1v) is 14.7. The Labute approximate surface area is 244 Å². The van der Waals surface area contributed by atoms with Crippen LogP contribution in [0.2, 0.25) is 0 Å². The topological polar surface area (TPSA) is 3.24 Å². The average molecular weight is 532 g/mol. The summed E-state index contributed by atoms with van der Waals surface area (Å²) < 4.78 is 0. The highest BCUT2D eigenvalue weighted by Crippen LogP contribution is 2.54. The number of benzene rings is 6. The third-order valence-electron chi connectivity index (χ3n) is 9.25. The predicted octanol–water partition coefficient (Wildman–Crippen LogP) is 11.0. The van der Waals surface area contributed by atoms with E-state index in [1.807, 2.05) is 0 Å². The largest absolute Gasteiger partial charge is 0.345 e. The molecule has 0 aliphatic heterocycles. The Hall–Kier alpha value is -4.36. The van der Waals surface area contributed by atoms with Crippen molar-refractivity contribution in [1.29, 1.82) is 0 Å². The summed E-state index contributed by atoms with van der Waals surface area (Å²) in [6, 6.07) is 42.9. The maximum absolute atomic E-state index is 2.48. The molecule has 6 aromatic carbocycles. The summed E-state index contributed by atoms with van der Waals surface area (Å²) in [6.07, 6.45) is 0. The van der Waals surface area contributed by atoms with Crippen LogP contribution < -0.4 is 4.90 Å². The van der Waals surface area contributed by atoms with Gasteiger partial charge in [-0.1, -0.05) is 120 Å². The molecule has 1 aliphatic carbocycles. The van der Waals surface area contributed by atoms with E-state index < -0.39 is 0 Å². The van der Waals surface area contributed by atoms with E-state index in [4.69, 9.17) is 0 Å². The smallest absolute Gasteiger partial charge is 0.0411 e. The summed E-state index contributed by atoms with van der Waals surface area (Å²) in [5.41, 5.74) is 11.9. The highest BCUT2D eigenvalue weighted by molar-refractivity contribution is 6.12. The molecule has 0 bridgehead atoms. The van der Waals surface area contributed by atoms with Gasteiger partial charge in [-0.05, 0) is 96.2 Å². The van der Waals surface area contributed by atoms with E-state index in [0.29, 0.717) is 0 Å². The molecule has 0 N–H and O–H groups in total. The molecule has 0 spiro atoms. The summed E-state index contributed by atoms with van der Waals surface area (Å²) in [5.74, 6) is 0. The molecule has 0 saturated carbocycles. The number of hydrogen-bond acceptors (Lipinski definition) is 1. The lowest BCUT2D eigenvalue weighted by molar-refractivity contribution is 0.590. The average Bonchev–Trinajstić information content (AvgIpc) is 3.21. The fraction of sp³-hybridized carbons (Fsp3) is 0.200. The zero-order valence-electron chi connectivity index (χ0n) is 24.9. The summed E-state index contributed by atoms with van der Waals surface area (Å²) in [5, 5.41) is 5.22. The fourth-order valence-corrected chi connectivity index (χ4v) is 6.80. The molecule has 0 radical (unpaired) electrons. The van der Waals surface area contributed by atoms with Crippen molar-refractivity contribution in [1.82, 2.24) is 0 Å². The molecular weight excluding hydrogens is 494 g/mol. The first-order valence-electron chi connectivity index (χ1n) is 14.7. The van der Waals surface area contributed by atoms with Crippen LogP contribution in [0.3, 0.4) is 0 Å². The molecule has 1 nitrogen and oxygen atoms in total. The molecule has 0 fully saturated rings. The van der Waals surface area contributed by atoms with Crippen LogP contribution in [0.1, 0.15) is 51.3 Å². The number of anilines is 2. The van der Waals surface area contributed by atoms with Crippen LogP contribution in [0.25, 0.3) is 43.8 Å². The van der Waals surface area contributed by atoms with E-state index in [9.17, 15) is 0 Å². The van der Waals surface area contributed by atoms with Crippen molar-refractivity contribution < 1.29 is 0 Å².